The summed E-state index contributed by atoms with van der Waals surface area (Å²) >= 11 is 0. The summed E-state index contributed by atoms with van der Waals surface area (Å²) in [6.45, 7) is 3.38. The Kier molecular flexibility index (Phi) is 4.43. The van der Waals surface area contributed by atoms with Gasteiger partial charge in [0.1, 0.15) is 5.75 Å². The van der Waals surface area contributed by atoms with Crippen molar-refractivity contribution in [3.63, 3.8) is 0 Å². The van der Waals surface area contributed by atoms with E-state index >= 15 is 0 Å². The predicted molar refractivity (Wildman–Crippen MR) is 76.3 cm³/mol. The van der Waals surface area contributed by atoms with Crippen LogP contribution in [0.3, 0.4) is 0 Å². The van der Waals surface area contributed by atoms with Crippen molar-refractivity contribution < 1.29 is 9.53 Å². The summed E-state index contributed by atoms with van der Waals surface area (Å²) in [7, 11) is 1.63. The molecule has 0 spiro atoms. The molecular formula is C15H22N2O2. The van der Waals surface area contributed by atoms with Crippen LogP contribution in [0.4, 0.5) is 5.69 Å². The highest BCUT2D eigenvalue weighted by Gasteiger charge is 2.41. The van der Waals surface area contributed by atoms with Crippen LogP contribution >= 0.6 is 0 Å². The normalized spacial score (nSPS) is 21.0. The minimum absolute atomic E-state index is 0.184. The van der Waals surface area contributed by atoms with Gasteiger partial charge in [-0.1, -0.05) is 13.0 Å². The molecule has 0 radical (unpaired) electrons. The highest BCUT2D eigenvalue weighted by atomic mass is 16.5. The first-order chi connectivity index (χ1) is 9.17. The van der Waals surface area contributed by atoms with Crippen molar-refractivity contribution >= 4 is 11.6 Å². The van der Waals surface area contributed by atoms with E-state index < -0.39 is 0 Å². The number of rotatable bonds is 6. The van der Waals surface area contributed by atoms with E-state index in [1.54, 1.807) is 7.11 Å². The lowest BCUT2D eigenvalue weighted by Crippen LogP contribution is -2.34. The number of nitrogens with zero attached hydrogens (tertiary/aromatic N) is 1. The van der Waals surface area contributed by atoms with Crippen molar-refractivity contribution in [2.45, 2.75) is 19.8 Å². The average Bonchev–Trinajstić information content (AvgIpc) is 3.16. The monoisotopic (exact) mass is 262 g/mol. The van der Waals surface area contributed by atoms with Crippen molar-refractivity contribution in [2.75, 3.05) is 25.1 Å². The van der Waals surface area contributed by atoms with Crippen molar-refractivity contribution in [2.24, 2.45) is 17.6 Å². The Balaban J connectivity index is 2.18. The van der Waals surface area contributed by atoms with Crippen LogP contribution in [-0.4, -0.2) is 26.1 Å². The molecule has 104 valence electrons. The summed E-state index contributed by atoms with van der Waals surface area (Å²) in [5.74, 6) is 1.68. The van der Waals surface area contributed by atoms with Gasteiger partial charge in [-0.05, 0) is 37.4 Å². The van der Waals surface area contributed by atoms with Crippen LogP contribution in [0.1, 0.15) is 19.8 Å². The van der Waals surface area contributed by atoms with Crippen molar-refractivity contribution in [3.05, 3.63) is 24.3 Å². The van der Waals surface area contributed by atoms with Gasteiger partial charge in [-0.25, -0.2) is 0 Å². The molecule has 1 saturated carbocycles. The van der Waals surface area contributed by atoms with Gasteiger partial charge in [0.25, 0.3) is 0 Å². The maximum absolute atomic E-state index is 12.5. The molecule has 1 aromatic rings. The highest BCUT2D eigenvalue weighted by Crippen LogP contribution is 2.40. The minimum Gasteiger partial charge on any atom is -0.497 e. The second-order valence-electron chi connectivity index (χ2n) is 5.15. The Morgan fingerprint density at radius 2 is 2.26 bits per heavy atom. The Morgan fingerprint density at radius 3 is 2.84 bits per heavy atom. The SMILES string of the molecule is COc1cccc(N(CCCN)C(=O)C2CC2C)c1. The molecule has 1 aromatic carbocycles. The Bertz CT molecular complexity index is 448. The lowest BCUT2D eigenvalue weighted by molar-refractivity contribution is -0.120. The fourth-order valence-corrected chi connectivity index (χ4v) is 2.26. The van der Waals surface area contributed by atoms with Gasteiger partial charge in [0.05, 0.1) is 7.11 Å². The number of ether oxygens (including phenoxy) is 1. The molecule has 1 amide bonds. The van der Waals surface area contributed by atoms with Crippen LogP contribution in [0.2, 0.25) is 0 Å². The van der Waals surface area contributed by atoms with Crippen LogP contribution in [-0.2, 0) is 4.79 Å². The predicted octanol–water partition coefficient (Wildman–Crippen LogP) is 2.03. The summed E-state index contributed by atoms with van der Waals surface area (Å²) < 4.78 is 5.22. The molecule has 0 aromatic heterocycles. The molecule has 1 aliphatic rings. The number of benzene rings is 1. The number of amides is 1. The molecule has 4 heteroatoms. The summed E-state index contributed by atoms with van der Waals surface area (Å²) in [4.78, 5) is 14.3. The zero-order valence-corrected chi connectivity index (χ0v) is 11.6. The average molecular weight is 262 g/mol. The first kappa shape index (κ1) is 13.9. The smallest absolute Gasteiger partial charge is 0.230 e. The van der Waals surface area contributed by atoms with Gasteiger partial charge in [0.2, 0.25) is 5.91 Å². The van der Waals surface area contributed by atoms with E-state index in [1.165, 1.54) is 0 Å². The van der Waals surface area contributed by atoms with E-state index in [-0.39, 0.29) is 11.8 Å². The summed E-state index contributed by atoms with van der Waals surface area (Å²) in [5, 5.41) is 0. The minimum atomic E-state index is 0.184. The number of carbonyl (C=O) groups excluding carboxylic acids is 1. The molecule has 1 fully saturated rings. The van der Waals surface area contributed by atoms with Gasteiger partial charge in [-0.2, -0.15) is 0 Å². The van der Waals surface area contributed by atoms with Gasteiger partial charge in [-0.3, -0.25) is 4.79 Å². The third kappa shape index (κ3) is 3.26. The fourth-order valence-electron chi connectivity index (χ4n) is 2.26. The molecular weight excluding hydrogens is 240 g/mol. The lowest BCUT2D eigenvalue weighted by Gasteiger charge is -2.23. The van der Waals surface area contributed by atoms with E-state index in [2.05, 4.69) is 6.92 Å². The maximum Gasteiger partial charge on any atom is 0.230 e. The molecule has 19 heavy (non-hydrogen) atoms. The zero-order chi connectivity index (χ0) is 13.8. The van der Waals surface area contributed by atoms with E-state index in [4.69, 9.17) is 10.5 Å². The van der Waals surface area contributed by atoms with Crippen molar-refractivity contribution in [1.82, 2.24) is 0 Å². The van der Waals surface area contributed by atoms with Crippen LogP contribution < -0.4 is 15.4 Å². The number of hydrogen-bond donors (Lipinski definition) is 1. The Labute approximate surface area is 114 Å². The van der Waals surface area contributed by atoms with E-state index in [1.807, 2.05) is 29.2 Å². The Hall–Kier alpha value is -1.55. The number of methoxy groups -OCH3 is 1. The zero-order valence-electron chi connectivity index (χ0n) is 11.6. The summed E-state index contributed by atoms with van der Waals surface area (Å²) in [5.41, 5.74) is 6.47. The topological polar surface area (TPSA) is 55.6 Å². The maximum atomic E-state index is 12.5. The number of nitrogens with two attached hydrogens (primary N) is 1. The van der Waals surface area contributed by atoms with Gasteiger partial charge in [0, 0.05) is 24.2 Å². The molecule has 0 saturated heterocycles. The van der Waals surface area contributed by atoms with Crippen LogP contribution in [0.15, 0.2) is 24.3 Å². The van der Waals surface area contributed by atoms with E-state index in [0.717, 1.165) is 24.3 Å². The number of carbonyl (C=O) groups is 1. The van der Waals surface area contributed by atoms with Gasteiger partial charge >= 0.3 is 0 Å². The van der Waals surface area contributed by atoms with Gasteiger partial charge in [-0.15, -0.1) is 0 Å². The molecule has 2 rings (SSSR count). The van der Waals surface area contributed by atoms with Crippen LogP contribution in [0, 0.1) is 11.8 Å². The molecule has 2 unspecified atom stereocenters. The second kappa shape index (κ2) is 6.06. The molecule has 0 aliphatic heterocycles. The van der Waals surface area contributed by atoms with Crippen LogP contribution in [0.25, 0.3) is 0 Å². The number of hydrogen-bond acceptors (Lipinski definition) is 3. The van der Waals surface area contributed by atoms with E-state index in [0.29, 0.717) is 19.0 Å². The van der Waals surface area contributed by atoms with Crippen molar-refractivity contribution in [1.29, 1.82) is 0 Å². The lowest BCUT2D eigenvalue weighted by atomic mass is 10.2. The third-order valence-corrected chi connectivity index (χ3v) is 3.64. The molecule has 2 N–H and O–H groups in total. The molecule has 0 bridgehead atoms. The van der Waals surface area contributed by atoms with Gasteiger partial charge in [0.15, 0.2) is 0 Å². The Morgan fingerprint density at radius 1 is 1.53 bits per heavy atom. The standard InChI is InChI=1S/C15H22N2O2/c1-11-9-14(11)15(18)17(8-4-7-16)12-5-3-6-13(10-12)19-2/h3,5-6,10-11,14H,4,7-9,16H2,1-2H3. The van der Waals surface area contributed by atoms with E-state index in [9.17, 15) is 4.79 Å². The first-order valence-electron chi connectivity index (χ1n) is 6.83. The molecule has 4 nitrogen and oxygen atoms in total. The van der Waals surface area contributed by atoms with Gasteiger partial charge < -0.3 is 15.4 Å². The highest BCUT2D eigenvalue weighted by molar-refractivity contribution is 5.96. The quantitative estimate of drug-likeness (QED) is 0.853. The number of anilines is 1. The summed E-state index contributed by atoms with van der Waals surface area (Å²) in [6.07, 6.45) is 1.81. The van der Waals surface area contributed by atoms with Crippen LogP contribution in [0.5, 0.6) is 5.75 Å². The largest absolute Gasteiger partial charge is 0.497 e. The first-order valence-corrected chi connectivity index (χ1v) is 6.83. The fraction of sp³-hybridized carbons (Fsp3) is 0.533. The second-order valence-corrected chi connectivity index (χ2v) is 5.15. The molecule has 1 aliphatic carbocycles. The summed E-state index contributed by atoms with van der Waals surface area (Å²) in [6, 6.07) is 7.65. The molecule has 2 atom stereocenters. The molecule has 0 heterocycles. The van der Waals surface area contributed by atoms with Crippen molar-refractivity contribution in [3.8, 4) is 5.75 Å². The third-order valence-electron chi connectivity index (χ3n) is 3.64.